The Bertz CT molecular complexity index is 530. The second kappa shape index (κ2) is 5.69. The fourth-order valence-electron chi connectivity index (χ4n) is 1.49. The molecule has 19 heavy (non-hydrogen) atoms. The highest BCUT2D eigenvalue weighted by atomic mass is 19.4. The predicted molar refractivity (Wildman–Crippen MR) is 62.4 cm³/mol. The van der Waals surface area contributed by atoms with Crippen LogP contribution in [0.1, 0.15) is 24.5 Å². The predicted octanol–water partition coefficient (Wildman–Crippen LogP) is 3.15. The van der Waals surface area contributed by atoms with E-state index in [1.165, 1.54) is 19.1 Å². The third-order valence-corrected chi connectivity index (χ3v) is 2.42. The van der Waals surface area contributed by atoms with Gasteiger partial charge in [-0.2, -0.15) is 13.2 Å². The standard InChI is InChI=1S/C13H11F3O3/c1-2-11(17)9(12(18)19)7-8-5-3-4-6-10(8)13(14,15)16/h3-7H,2H2,1H3,(H,18,19). The van der Waals surface area contributed by atoms with E-state index >= 15 is 0 Å². The van der Waals surface area contributed by atoms with Crippen LogP contribution in [0.3, 0.4) is 0 Å². The van der Waals surface area contributed by atoms with Gasteiger partial charge in [-0.1, -0.05) is 25.1 Å². The van der Waals surface area contributed by atoms with Crippen LogP contribution in [0.4, 0.5) is 13.2 Å². The van der Waals surface area contributed by atoms with Crippen molar-refractivity contribution in [1.29, 1.82) is 0 Å². The zero-order valence-electron chi connectivity index (χ0n) is 9.99. The first kappa shape index (κ1) is 14.9. The van der Waals surface area contributed by atoms with Crippen LogP contribution in [0.15, 0.2) is 29.8 Å². The topological polar surface area (TPSA) is 54.4 Å². The summed E-state index contributed by atoms with van der Waals surface area (Å²) in [6.45, 7) is 1.44. The Morgan fingerprint density at radius 2 is 1.84 bits per heavy atom. The Morgan fingerprint density at radius 1 is 1.26 bits per heavy atom. The summed E-state index contributed by atoms with van der Waals surface area (Å²) in [5.41, 5.74) is -1.97. The van der Waals surface area contributed by atoms with Gasteiger partial charge in [0.05, 0.1) is 5.56 Å². The molecule has 0 aliphatic carbocycles. The number of carbonyl (C=O) groups excluding carboxylic acids is 1. The number of ketones is 1. The van der Waals surface area contributed by atoms with Gasteiger partial charge in [-0.3, -0.25) is 4.79 Å². The number of halogens is 3. The van der Waals surface area contributed by atoms with Gasteiger partial charge in [0.25, 0.3) is 0 Å². The van der Waals surface area contributed by atoms with Crippen molar-refractivity contribution in [2.75, 3.05) is 0 Å². The number of rotatable bonds is 4. The Balaban J connectivity index is 3.38. The van der Waals surface area contributed by atoms with Gasteiger partial charge in [-0.05, 0) is 17.7 Å². The van der Waals surface area contributed by atoms with Crippen LogP contribution in [0.2, 0.25) is 0 Å². The maximum absolute atomic E-state index is 12.7. The van der Waals surface area contributed by atoms with E-state index in [9.17, 15) is 22.8 Å². The van der Waals surface area contributed by atoms with E-state index in [4.69, 9.17) is 5.11 Å². The summed E-state index contributed by atoms with van der Waals surface area (Å²) in [5, 5.41) is 8.86. The first-order valence-electron chi connectivity index (χ1n) is 5.41. The molecule has 0 aliphatic heterocycles. The molecular formula is C13H11F3O3. The summed E-state index contributed by atoms with van der Waals surface area (Å²) in [6, 6.07) is 4.50. The van der Waals surface area contributed by atoms with Crippen molar-refractivity contribution in [2.24, 2.45) is 0 Å². The monoisotopic (exact) mass is 272 g/mol. The minimum Gasteiger partial charge on any atom is -0.478 e. The highest BCUT2D eigenvalue weighted by Crippen LogP contribution is 2.32. The Morgan fingerprint density at radius 3 is 2.32 bits per heavy atom. The largest absolute Gasteiger partial charge is 0.478 e. The Labute approximate surface area is 107 Å². The molecule has 1 rings (SSSR count). The van der Waals surface area contributed by atoms with Gasteiger partial charge in [0.1, 0.15) is 5.57 Å². The SMILES string of the molecule is CCC(=O)C(=Cc1ccccc1C(F)(F)F)C(=O)O. The lowest BCUT2D eigenvalue weighted by molar-refractivity contribution is -0.138. The molecule has 6 heteroatoms. The number of hydrogen-bond donors (Lipinski definition) is 1. The van der Waals surface area contributed by atoms with Crippen molar-refractivity contribution in [3.8, 4) is 0 Å². The fraction of sp³-hybridized carbons (Fsp3) is 0.231. The summed E-state index contributed by atoms with van der Waals surface area (Å²) >= 11 is 0. The number of carboxylic acid groups (broad SMARTS) is 1. The van der Waals surface area contributed by atoms with Crippen LogP contribution in [-0.2, 0) is 15.8 Å². The summed E-state index contributed by atoms with van der Waals surface area (Å²) in [4.78, 5) is 22.3. The third-order valence-electron chi connectivity index (χ3n) is 2.42. The van der Waals surface area contributed by atoms with E-state index in [-0.39, 0.29) is 12.0 Å². The van der Waals surface area contributed by atoms with Crippen molar-refractivity contribution >= 4 is 17.8 Å². The first-order valence-corrected chi connectivity index (χ1v) is 5.41. The molecule has 0 saturated carbocycles. The van der Waals surface area contributed by atoms with Crippen LogP contribution in [0.5, 0.6) is 0 Å². The molecule has 0 saturated heterocycles. The minimum atomic E-state index is -4.61. The molecule has 0 fully saturated rings. The van der Waals surface area contributed by atoms with Crippen molar-refractivity contribution in [3.05, 3.63) is 41.0 Å². The quantitative estimate of drug-likeness (QED) is 0.520. The van der Waals surface area contributed by atoms with Gasteiger partial charge < -0.3 is 5.11 Å². The maximum Gasteiger partial charge on any atom is 0.416 e. The van der Waals surface area contributed by atoms with Crippen LogP contribution < -0.4 is 0 Å². The van der Waals surface area contributed by atoms with Gasteiger partial charge in [0.15, 0.2) is 5.78 Å². The second-order valence-corrected chi connectivity index (χ2v) is 3.72. The third kappa shape index (κ3) is 3.67. The number of Topliss-reactive ketones (excluding diaryl/α,β-unsaturated/α-hetero) is 1. The van der Waals surface area contributed by atoms with E-state index in [1.54, 1.807) is 0 Å². The van der Waals surface area contributed by atoms with Crippen molar-refractivity contribution in [1.82, 2.24) is 0 Å². The molecule has 0 aromatic heterocycles. The smallest absolute Gasteiger partial charge is 0.416 e. The molecule has 1 aromatic rings. The normalized spacial score (nSPS) is 12.3. The van der Waals surface area contributed by atoms with Gasteiger partial charge in [-0.25, -0.2) is 4.79 Å². The van der Waals surface area contributed by atoms with Crippen LogP contribution >= 0.6 is 0 Å². The molecule has 1 aromatic carbocycles. The van der Waals surface area contributed by atoms with Crippen molar-refractivity contribution in [3.63, 3.8) is 0 Å². The lowest BCUT2D eigenvalue weighted by Crippen LogP contribution is -2.12. The van der Waals surface area contributed by atoms with E-state index in [2.05, 4.69) is 0 Å². The van der Waals surface area contributed by atoms with Crippen LogP contribution in [-0.4, -0.2) is 16.9 Å². The summed E-state index contributed by atoms with van der Waals surface area (Å²) in [5.74, 6) is -2.26. The molecule has 0 amide bonds. The zero-order chi connectivity index (χ0) is 14.6. The summed E-state index contributed by atoms with van der Waals surface area (Å²) in [7, 11) is 0. The number of carbonyl (C=O) groups is 2. The Kier molecular flexibility index (Phi) is 4.47. The molecule has 3 nitrogen and oxygen atoms in total. The highest BCUT2D eigenvalue weighted by molar-refractivity contribution is 6.19. The number of aliphatic carboxylic acids is 1. The minimum absolute atomic E-state index is 0.0910. The average Bonchev–Trinajstić information content (AvgIpc) is 2.34. The highest BCUT2D eigenvalue weighted by Gasteiger charge is 2.32. The molecule has 0 spiro atoms. The van der Waals surface area contributed by atoms with Gasteiger partial charge in [-0.15, -0.1) is 0 Å². The van der Waals surface area contributed by atoms with E-state index in [1.807, 2.05) is 0 Å². The van der Waals surface area contributed by atoms with Crippen LogP contribution in [0, 0.1) is 0 Å². The first-order chi connectivity index (χ1) is 8.77. The van der Waals surface area contributed by atoms with E-state index in [0.29, 0.717) is 0 Å². The van der Waals surface area contributed by atoms with Crippen molar-refractivity contribution in [2.45, 2.75) is 19.5 Å². The second-order valence-electron chi connectivity index (χ2n) is 3.72. The molecule has 0 radical (unpaired) electrons. The molecule has 0 aliphatic rings. The van der Waals surface area contributed by atoms with Gasteiger partial charge in [0, 0.05) is 6.42 Å². The molecule has 1 N–H and O–H groups in total. The fourth-order valence-corrected chi connectivity index (χ4v) is 1.49. The lowest BCUT2D eigenvalue weighted by atomic mass is 10.0. The number of benzene rings is 1. The maximum atomic E-state index is 12.7. The zero-order valence-corrected chi connectivity index (χ0v) is 9.99. The number of alkyl halides is 3. The number of carboxylic acids is 1. The molecule has 0 unspecified atom stereocenters. The molecule has 0 heterocycles. The molecule has 0 atom stereocenters. The summed E-state index contributed by atoms with van der Waals surface area (Å²) < 4.78 is 38.2. The molecule has 102 valence electrons. The summed E-state index contributed by atoms with van der Waals surface area (Å²) in [6.07, 6.45) is -3.94. The van der Waals surface area contributed by atoms with E-state index in [0.717, 1.165) is 18.2 Å². The van der Waals surface area contributed by atoms with Gasteiger partial charge in [0.2, 0.25) is 0 Å². The Hall–Kier alpha value is -2.11. The van der Waals surface area contributed by atoms with Crippen molar-refractivity contribution < 1.29 is 27.9 Å². The number of hydrogen-bond acceptors (Lipinski definition) is 2. The van der Waals surface area contributed by atoms with Gasteiger partial charge >= 0.3 is 12.1 Å². The molecular weight excluding hydrogens is 261 g/mol. The average molecular weight is 272 g/mol. The molecule has 0 bridgehead atoms. The van der Waals surface area contributed by atoms with E-state index < -0.39 is 29.1 Å². The lowest BCUT2D eigenvalue weighted by Gasteiger charge is -2.10. The van der Waals surface area contributed by atoms with Crippen LogP contribution in [0.25, 0.3) is 6.08 Å².